The van der Waals surface area contributed by atoms with Gasteiger partial charge in [0, 0.05) is 5.54 Å². The molecule has 106 valence electrons. The van der Waals surface area contributed by atoms with E-state index in [-0.39, 0.29) is 17.5 Å². The van der Waals surface area contributed by atoms with Crippen LogP contribution in [0.3, 0.4) is 0 Å². The predicted molar refractivity (Wildman–Crippen MR) is 76.6 cm³/mol. The largest absolute Gasteiger partial charge is 0.350 e. The number of hydrogen-bond donors (Lipinski definition) is 2. The third-order valence-corrected chi connectivity index (χ3v) is 4.22. The van der Waals surface area contributed by atoms with Gasteiger partial charge in [-0.3, -0.25) is 4.79 Å². The molecule has 0 bridgehead atoms. The Kier molecular flexibility index (Phi) is 6.13. The summed E-state index contributed by atoms with van der Waals surface area (Å²) in [5.41, 5.74) is -0.0987. The highest BCUT2D eigenvalue weighted by atomic mass is 16.2. The van der Waals surface area contributed by atoms with Crippen molar-refractivity contribution in [2.24, 2.45) is 5.92 Å². The van der Waals surface area contributed by atoms with E-state index >= 15 is 0 Å². The van der Waals surface area contributed by atoms with Crippen molar-refractivity contribution in [1.82, 2.24) is 10.6 Å². The summed E-state index contributed by atoms with van der Waals surface area (Å²) < 4.78 is 0. The van der Waals surface area contributed by atoms with Crippen molar-refractivity contribution in [3.05, 3.63) is 0 Å². The van der Waals surface area contributed by atoms with E-state index in [9.17, 15) is 4.79 Å². The normalized spacial score (nSPS) is 18.9. The number of carbonyl (C=O) groups is 1. The van der Waals surface area contributed by atoms with Gasteiger partial charge in [0.05, 0.1) is 6.04 Å². The van der Waals surface area contributed by atoms with E-state index < -0.39 is 0 Å². The minimum Gasteiger partial charge on any atom is -0.350 e. The fourth-order valence-electron chi connectivity index (χ4n) is 2.43. The lowest BCUT2D eigenvalue weighted by Crippen LogP contribution is -2.50. The molecule has 1 rings (SSSR count). The van der Waals surface area contributed by atoms with E-state index in [1.807, 2.05) is 6.92 Å². The quantitative estimate of drug-likeness (QED) is 0.733. The van der Waals surface area contributed by atoms with Crippen LogP contribution >= 0.6 is 0 Å². The standard InChI is InChI=1S/C15H30N2O/c1-5-15(3,4)17-14(18)12(2)16-11-10-13-8-6-7-9-13/h12-13,16H,5-11H2,1-4H3,(H,17,18). The Labute approximate surface area is 112 Å². The van der Waals surface area contributed by atoms with Crippen LogP contribution in [0.15, 0.2) is 0 Å². The van der Waals surface area contributed by atoms with Crippen molar-refractivity contribution in [2.45, 2.75) is 77.8 Å². The Bertz CT molecular complexity index is 257. The highest BCUT2D eigenvalue weighted by molar-refractivity contribution is 5.81. The van der Waals surface area contributed by atoms with Gasteiger partial charge in [0.2, 0.25) is 5.91 Å². The molecule has 0 aromatic rings. The molecule has 1 fully saturated rings. The molecule has 1 unspecified atom stereocenters. The summed E-state index contributed by atoms with van der Waals surface area (Å²) in [5, 5.41) is 6.43. The summed E-state index contributed by atoms with van der Waals surface area (Å²) in [6.45, 7) is 9.15. The monoisotopic (exact) mass is 254 g/mol. The Morgan fingerprint density at radius 3 is 2.50 bits per heavy atom. The number of amides is 1. The molecule has 3 heteroatoms. The summed E-state index contributed by atoms with van der Waals surface area (Å²) in [4.78, 5) is 12.0. The average molecular weight is 254 g/mol. The van der Waals surface area contributed by atoms with E-state index in [4.69, 9.17) is 0 Å². The molecule has 0 heterocycles. The Morgan fingerprint density at radius 2 is 1.94 bits per heavy atom. The third kappa shape index (κ3) is 5.38. The number of rotatable bonds is 7. The molecular formula is C15H30N2O. The molecular weight excluding hydrogens is 224 g/mol. The molecule has 0 aliphatic heterocycles. The highest BCUT2D eigenvalue weighted by Gasteiger charge is 2.21. The number of carbonyl (C=O) groups excluding carboxylic acids is 1. The topological polar surface area (TPSA) is 41.1 Å². The van der Waals surface area contributed by atoms with Crippen LogP contribution in [0, 0.1) is 5.92 Å². The van der Waals surface area contributed by atoms with Crippen molar-refractivity contribution in [2.75, 3.05) is 6.54 Å². The zero-order valence-corrected chi connectivity index (χ0v) is 12.5. The van der Waals surface area contributed by atoms with E-state index in [0.717, 1.165) is 18.9 Å². The first kappa shape index (κ1) is 15.5. The van der Waals surface area contributed by atoms with Crippen LogP contribution in [0.4, 0.5) is 0 Å². The van der Waals surface area contributed by atoms with Gasteiger partial charge < -0.3 is 10.6 Å². The van der Waals surface area contributed by atoms with Crippen LogP contribution in [-0.2, 0) is 4.79 Å². The summed E-state index contributed by atoms with van der Waals surface area (Å²) >= 11 is 0. The second-order valence-corrected chi connectivity index (χ2v) is 6.34. The lowest BCUT2D eigenvalue weighted by atomic mass is 10.0. The lowest BCUT2D eigenvalue weighted by molar-refractivity contribution is -0.124. The maximum absolute atomic E-state index is 12.0. The maximum Gasteiger partial charge on any atom is 0.237 e. The van der Waals surface area contributed by atoms with Crippen molar-refractivity contribution >= 4 is 5.91 Å². The van der Waals surface area contributed by atoms with Gasteiger partial charge in [-0.15, -0.1) is 0 Å². The lowest BCUT2D eigenvalue weighted by Gasteiger charge is -2.27. The first-order chi connectivity index (χ1) is 8.44. The van der Waals surface area contributed by atoms with Crippen LogP contribution in [0.1, 0.15) is 66.2 Å². The SMILES string of the molecule is CCC(C)(C)NC(=O)C(C)NCCC1CCCC1. The zero-order chi connectivity index (χ0) is 13.6. The summed E-state index contributed by atoms with van der Waals surface area (Å²) in [5.74, 6) is 1.01. The fraction of sp³-hybridized carbons (Fsp3) is 0.933. The van der Waals surface area contributed by atoms with Crippen LogP contribution in [-0.4, -0.2) is 24.0 Å². The molecule has 1 aliphatic carbocycles. The van der Waals surface area contributed by atoms with Gasteiger partial charge in [0.1, 0.15) is 0 Å². The fourth-order valence-corrected chi connectivity index (χ4v) is 2.43. The van der Waals surface area contributed by atoms with Crippen LogP contribution in [0.2, 0.25) is 0 Å². The van der Waals surface area contributed by atoms with Gasteiger partial charge >= 0.3 is 0 Å². The summed E-state index contributed by atoms with van der Waals surface area (Å²) in [6.07, 6.45) is 7.72. The molecule has 1 aliphatic rings. The summed E-state index contributed by atoms with van der Waals surface area (Å²) in [7, 11) is 0. The molecule has 1 atom stereocenters. The average Bonchev–Trinajstić information content (AvgIpc) is 2.81. The molecule has 3 nitrogen and oxygen atoms in total. The van der Waals surface area contributed by atoms with Gasteiger partial charge in [0.15, 0.2) is 0 Å². The molecule has 0 aromatic heterocycles. The molecule has 0 radical (unpaired) electrons. The number of hydrogen-bond acceptors (Lipinski definition) is 2. The molecule has 0 spiro atoms. The first-order valence-corrected chi connectivity index (χ1v) is 7.50. The van der Waals surface area contributed by atoms with Gasteiger partial charge in [0.25, 0.3) is 0 Å². The Morgan fingerprint density at radius 1 is 1.33 bits per heavy atom. The van der Waals surface area contributed by atoms with Crippen molar-refractivity contribution in [3.63, 3.8) is 0 Å². The molecule has 2 N–H and O–H groups in total. The first-order valence-electron chi connectivity index (χ1n) is 7.50. The van der Waals surface area contributed by atoms with Gasteiger partial charge in [-0.05, 0) is 46.1 Å². The van der Waals surface area contributed by atoms with E-state index in [0.29, 0.717) is 0 Å². The Balaban J connectivity index is 2.18. The zero-order valence-electron chi connectivity index (χ0n) is 12.5. The molecule has 0 saturated heterocycles. The molecule has 1 saturated carbocycles. The third-order valence-electron chi connectivity index (χ3n) is 4.22. The minimum absolute atomic E-state index is 0.0859. The number of nitrogens with one attached hydrogen (secondary N) is 2. The van der Waals surface area contributed by atoms with E-state index in [2.05, 4.69) is 31.4 Å². The molecule has 1 amide bonds. The second-order valence-electron chi connectivity index (χ2n) is 6.34. The van der Waals surface area contributed by atoms with Crippen LogP contribution in [0.5, 0.6) is 0 Å². The van der Waals surface area contributed by atoms with E-state index in [1.165, 1.54) is 32.1 Å². The van der Waals surface area contributed by atoms with Gasteiger partial charge in [-0.25, -0.2) is 0 Å². The van der Waals surface area contributed by atoms with Crippen LogP contribution < -0.4 is 10.6 Å². The molecule has 18 heavy (non-hydrogen) atoms. The predicted octanol–water partition coefficient (Wildman–Crippen LogP) is 2.85. The van der Waals surface area contributed by atoms with Crippen molar-refractivity contribution in [1.29, 1.82) is 0 Å². The van der Waals surface area contributed by atoms with E-state index in [1.54, 1.807) is 0 Å². The van der Waals surface area contributed by atoms with Crippen molar-refractivity contribution in [3.8, 4) is 0 Å². The minimum atomic E-state index is -0.0987. The maximum atomic E-state index is 12.0. The van der Waals surface area contributed by atoms with Crippen molar-refractivity contribution < 1.29 is 4.79 Å². The second kappa shape index (κ2) is 7.13. The Hall–Kier alpha value is -0.570. The summed E-state index contributed by atoms with van der Waals surface area (Å²) in [6, 6.07) is -0.0859. The van der Waals surface area contributed by atoms with Gasteiger partial charge in [-0.2, -0.15) is 0 Å². The van der Waals surface area contributed by atoms with Gasteiger partial charge in [-0.1, -0.05) is 32.6 Å². The van der Waals surface area contributed by atoms with Crippen LogP contribution in [0.25, 0.3) is 0 Å². The highest BCUT2D eigenvalue weighted by Crippen LogP contribution is 2.26. The smallest absolute Gasteiger partial charge is 0.237 e. The molecule has 0 aromatic carbocycles.